The third-order valence-electron chi connectivity index (χ3n) is 3.05. The molecule has 0 spiro atoms. The summed E-state index contributed by atoms with van der Waals surface area (Å²) in [7, 11) is 0. The zero-order valence-electron chi connectivity index (χ0n) is 10.3. The summed E-state index contributed by atoms with van der Waals surface area (Å²) in [5.41, 5.74) is 3.61. The average molecular weight is 247 g/mol. The topological polar surface area (TPSA) is 33.1 Å². The number of nitrogens with zero attached hydrogens (tertiary/aromatic N) is 1. The van der Waals surface area contributed by atoms with Gasteiger partial charge in [-0.05, 0) is 35.4 Å². The maximum atomic E-state index is 10.2. The standard InChI is InChI=1S/C17H13NO/c19-17-12-14(13-6-2-1-3-7-13)9-10-15(17)16-8-4-5-11-18-16/h1-12,19H. The van der Waals surface area contributed by atoms with Crippen LogP contribution in [-0.4, -0.2) is 10.1 Å². The second-order valence-electron chi connectivity index (χ2n) is 4.31. The van der Waals surface area contributed by atoms with Crippen molar-refractivity contribution in [1.82, 2.24) is 4.98 Å². The van der Waals surface area contributed by atoms with Crippen molar-refractivity contribution in [2.24, 2.45) is 0 Å². The van der Waals surface area contributed by atoms with Crippen LogP contribution in [0.5, 0.6) is 5.75 Å². The first kappa shape index (κ1) is 11.5. The van der Waals surface area contributed by atoms with Gasteiger partial charge in [0, 0.05) is 11.8 Å². The fourth-order valence-electron chi connectivity index (χ4n) is 2.08. The molecule has 2 nitrogen and oxygen atoms in total. The van der Waals surface area contributed by atoms with Crippen LogP contribution in [0.1, 0.15) is 0 Å². The minimum Gasteiger partial charge on any atom is -0.507 e. The molecule has 0 saturated carbocycles. The first-order valence-corrected chi connectivity index (χ1v) is 6.14. The zero-order valence-corrected chi connectivity index (χ0v) is 10.3. The number of rotatable bonds is 2. The highest BCUT2D eigenvalue weighted by atomic mass is 16.3. The number of aromatic nitrogens is 1. The molecule has 1 N–H and O–H groups in total. The molecule has 1 heterocycles. The van der Waals surface area contributed by atoms with E-state index in [1.807, 2.05) is 60.7 Å². The summed E-state index contributed by atoms with van der Waals surface area (Å²) < 4.78 is 0. The Hall–Kier alpha value is -2.61. The van der Waals surface area contributed by atoms with Crippen molar-refractivity contribution < 1.29 is 5.11 Å². The largest absolute Gasteiger partial charge is 0.507 e. The summed E-state index contributed by atoms with van der Waals surface area (Å²) in [6.45, 7) is 0. The first-order chi connectivity index (χ1) is 9.34. The van der Waals surface area contributed by atoms with Gasteiger partial charge in [-0.25, -0.2) is 0 Å². The predicted octanol–water partition coefficient (Wildman–Crippen LogP) is 4.12. The number of pyridine rings is 1. The van der Waals surface area contributed by atoms with Crippen molar-refractivity contribution in [2.75, 3.05) is 0 Å². The lowest BCUT2D eigenvalue weighted by molar-refractivity contribution is 0.477. The Morgan fingerprint density at radius 2 is 1.53 bits per heavy atom. The minimum atomic E-state index is 0.250. The van der Waals surface area contributed by atoms with Crippen molar-refractivity contribution >= 4 is 0 Å². The van der Waals surface area contributed by atoms with E-state index in [1.165, 1.54) is 0 Å². The number of hydrogen-bond donors (Lipinski definition) is 1. The monoisotopic (exact) mass is 247 g/mol. The smallest absolute Gasteiger partial charge is 0.125 e. The normalized spacial score (nSPS) is 10.3. The molecule has 2 aromatic carbocycles. The van der Waals surface area contributed by atoms with Crippen LogP contribution in [0, 0.1) is 0 Å². The van der Waals surface area contributed by atoms with E-state index in [2.05, 4.69) is 4.98 Å². The van der Waals surface area contributed by atoms with Gasteiger partial charge in [-0.15, -0.1) is 0 Å². The molecule has 3 aromatic rings. The number of hydrogen-bond acceptors (Lipinski definition) is 2. The van der Waals surface area contributed by atoms with Crippen LogP contribution in [0.3, 0.4) is 0 Å². The van der Waals surface area contributed by atoms with E-state index >= 15 is 0 Å². The number of aromatic hydroxyl groups is 1. The zero-order chi connectivity index (χ0) is 13.1. The van der Waals surface area contributed by atoms with Crippen LogP contribution in [-0.2, 0) is 0 Å². The van der Waals surface area contributed by atoms with Gasteiger partial charge in [0.15, 0.2) is 0 Å². The first-order valence-electron chi connectivity index (χ1n) is 6.14. The Kier molecular flexibility index (Phi) is 2.99. The van der Waals surface area contributed by atoms with Crippen LogP contribution in [0.2, 0.25) is 0 Å². The summed E-state index contributed by atoms with van der Waals surface area (Å²) >= 11 is 0. The van der Waals surface area contributed by atoms with E-state index in [1.54, 1.807) is 12.3 Å². The van der Waals surface area contributed by atoms with E-state index in [9.17, 15) is 5.11 Å². The van der Waals surface area contributed by atoms with Crippen molar-refractivity contribution in [3.8, 4) is 28.1 Å². The fraction of sp³-hybridized carbons (Fsp3) is 0. The Balaban J connectivity index is 2.04. The number of benzene rings is 2. The quantitative estimate of drug-likeness (QED) is 0.738. The molecular weight excluding hydrogens is 234 g/mol. The second kappa shape index (κ2) is 4.94. The van der Waals surface area contributed by atoms with Crippen LogP contribution >= 0.6 is 0 Å². The second-order valence-corrected chi connectivity index (χ2v) is 4.31. The average Bonchev–Trinajstić information content (AvgIpc) is 2.49. The van der Waals surface area contributed by atoms with Gasteiger partial charge in [-0.1, -0.05) is 42.5 Å². The molecule has 0 radical (unpaired) electrons. The maximum absolute atomic E-state index is 10.2. The summed E-state index contributed by atoms with van der Waals surface area (Å²) in [6.07, 6.45) is 1.72. The molecular formula is C17H13NO. The minimum absolute atomic E-state index is 0.250. The molecule has 19 heavy (non-hydrogen) atoms. The third kappa shape index (κ3) is 2.33. The maximum Gasteiger partial charge on any atom is 0.125 e. The van der Waals surface area contributed by atoms with Crippen molar-refractivity contribution in [3.63, 3.8) is 0 Å². The molecule has 0 amide bonds. The van der Waals surface area contributed by atoms with Crippen LogP contribution in [0.4, 0.5) is 0 Å². The number of phenols is 1. The van der Waals surface area contributed by atoms with E-state index in [0.29, 0.717) is 0 Å². The molecule has 0 unspecified atom stereocenters. The summed E-state index contributed by atoms with van der Waals surface area (Å²) in [5.74, 6) is 0.250. The molecule has 0 aliphatic carbocycles. The lowest BCUT2D eigenvalue weighted by Crippen LogP contribution is -1.84. The molecule has 3 rings (SSSR count). The van der Waals surface area contributed by atoms with E-state index in [4.69, 9.17) is 0 Å². The highest BCUT2D eigenvalue weighted by Gasteiger charge is 2.06. The van der Waals surface area contributed by atoms with Gasteiger partial charge in [-0.3, -0.25) is 4.98 Å². The fourth-order valence-corrected chi connectivity index (χ4v) is 2.08. The van der Waals surface area contributed by atoms with Crippen molar-refractivity contribution in [3.05, 3.63) is 72.9 Å². The molecule has 1 aromatic heterocycles. The molecule has 0 atom stereocenters. The third-order valence-corrected chi connectivity index (χ3v) is 3.05. The van der Waals surface area contributed by atoms with Crippen LogP contribution in [0.15, 0.2) is 72.9 Å². The van der Waals surface area contributed by atoms with E-state index < -0.39 is 0 Å². The van der Waals surface area contributed by atoms with Gasteiger partial charge in [0.25, 0.3) is 0 Å². The lowest BCUT2D eigenvalue weighted by Gasteiger charge is -2.07. The molecule has 0 fully saturated rings. The summed E-state index contributed by atoms with van der Waals surface area (Å²) in [5, 5.41) is 10.2. The van der Waals surface area contributed by atoms with E-state index in [-0.39, 0.29) is 5.75 Å². The Morgan fingerprint density at radius 1 is 0.737 bits per heavy atom. The molecule has 0 aliphatic rings. The Labute approximate surface area is 112 Å². The highest BCUT2D eigenvalue weighted by Crippen LogP contribution is 2.32. The van der Waals surface area contributed by atoms with Gasteiger partial charge >= 0.3 is 0 Å². The lowest BCUT2D eigenvalue weighted by atomic mass is 10.0. The van der Waals surface area contributed by atoms with Gasteiger partial charge in [0.05, 0.1) is 5.69 Å². The summed E-state index contributed by atoms with van der Waals surface area (Å²) in [4.78, 5) is 4.25. The van der Waals surface area contributed by atoms with E-state index in [0.717, 1.165) is 22.4 Å². The molecule has 0 saturated heterocycles. The van der Waals surface area contributed by atoms with Gasteiger partial charge in [-0.2, -0.15) is 0 Å². The molecule has 2 heteroatoms. The Morgan fingerprint density at radius 3 is 2.21 bits per heavy atom. The van der Waals surface area contributed by atoms with Gasteiger partial charge in [0.1, 0.15) is 5.75 Å². The van der Waals surface area contributed by atoms with Crippen LogP contribution in [0.25, 0.3) is 22.4 Å². The molecule has 0 aliphatic heterocycles. The number of phenolic OH excluding ortho intramolecular Hbond substituents is 1. The Bertz CT molecular complexity index is 678. The van der Waals surface area contributed by atoms with Gasteiger partial charge < -0.3 is 5.11 Å². The molecule has 0 bridgehead atoms. The van der Waals surface area contributed by atoms with Crippen molar-refractivity contribution in [2.45, 2.75) is 0 Å². The van der Waals surface area contributed by atoms with Crippen molar-refractivity contribution in [1.29, 1.82) is 0 Å². The van der Waals surface area contributed by atoms with Gasteiger partial charge in [0.2, 0.25) is 0 Å². The SMILES string of the molecule is Oc1cc(-c2ccccc2)ccc1-c1ccccn1. The predicted molar refractivity (Wildman–Crippen MR) is 76.8 cm³/mol. The van der Waals surface area contributed by atoms with Crippen LogP contribution < -0.4 is 0 Å². The highest BCUT2D eigenvalue weighted by molar-refractivity contribution is 5.74. The molecule has 92 valence electrons. The summed E-state index contributed by atoms with van der Waals surface area (Å²) in [6, 6.07) is 21.3.